The van der Waals surface area contributed by atoms with Crippen LogP contribution in [0.2, 0.25) is 0 Å². The zero-order chi connectivity index (χ0) is 15.0. The summed E-state index contributed by atoms with van der Waals surface area (Å²) in [5.74, 6) is -0.338. The van der Waals surface area contributed by atoms with Crippen LogP contribution < -0.4 is 5.56 Å². The Bertz CT molecular complexity index is 898. The van der Waals surface area contributed by atoms with Gasteiger partial charge in [0.15, 0.2) is 4.77 Å². The second-order valence-electron chi connectivity index (χ2n) is 4.58. The van der Waals surface area contributed by atoms with Gasteiger partial charge in [0.25, 0.3) is 5.56 Å². The summed E-state index contributed by atoms with van der Waals surface area (Å²) in [6, 6.07) is 2.17. The number of nitrogens with one attached hydrogen (secondary N) is 2. The van der Waals surface area contributed by atoms with E-state index in [0.29, 0.717) is 10.6 Å². The largest absolute Gasteiger partial charge is 0.494 e. The smallest absolute Gasteiger partial charge is 0.264 e. The number of thiophene rings is 1. The molecule has 0 aromatic carbocycles. The van der Waals surface area contributed by atoms with Crippen LogP contribution in [0.3, 0.4) is 0 Å². The van der Waals surface area contributed by atoms with Gasteiger partial charge in [-0.25, -0.2) is 4.99 Å². The Labute approximate surface area is 128 Å². The van der Waals surface area contributed by atoms with Gasteiger partial charge in [0.1, 0.15) is 16.6 Å². The number of rotatable bonds is 2. The highest BCUT2D eigenvalue weighted by molar-refractivity contribution is 7.71. The van der Waals surface area contributed by atoms with Crippen molar-refractivity contribution < 1.29 is 5.11 Å². The molecule has 0 saturated heterocycles. The van der Waals surface area contributed by atoms with Gasteiger partial charge in [0.05, 0.1) is 5.56 Å². The summed E-state index contributed by atoms with van der Waals surface area (Å²) in [7, 11) is 0. The van der Waals surface area contributed by atoms with Crippen LogP contribution in [0.15, 0.2) is 9.79 Å². The molecular weight excluding hydrogens is 308 g/mol. The van der Waals surface area contributed by atoms with E-state index in [9.17, 15) is 15.2 Å². The van der Waals surface area contributed by atoms with Crippen molar-refractivity contribution >= 4 is 34.8 Å². The first kappa shape index (κ1) is 13.7. The molecule has 0 fully saturated rings. The number of aliphatic imine (C=N–C) groups is 1. The first-order valence-electron chi connectivity index (χ1n) is 6.24. The minimum atomic E-state index is -0.525. The molecule has 0 bridgehead atoms. The van der Waals surface area contributed by atoms with Crippen LogP contribution in [0.1, 0.15) is 28.0 Å². The van der Waals surface area contributed by atoms with Crippen LogP contribution in [0.4, 0.5) is 5.00 Å². The van der Waals surface area contributed by atoms with E-state index < -0.39 is 5.56 Å². The van der Waals surface area contributed by atoms with Gasteiger partial charge in [0.2, 0.25) is 5.88 Å². The fraction of sp³-hybridized carbons (Fsp3) is 0.231. The zero-order valence-corrected chi connectivity index (χ0v) is 12.4. The average Bonchev–Trinajstić information content (AvgIpc) is 2.97. The van der Waals surface area contributed by atoms with Gasteiger partial charge >= 0.3 is 0 Å². The van der Waals surface area contributed by atoms with Crippen LogP contribution in [0, 0.1) is 16.1 Å². The second kappa shape index (κ2) is 5.27. The van der Waals surface area contributed by atoms with Crippen LogP contribution in [0.25, 0.3) is 0 Å². The minimum absolute atomic E-state index is 0.0129. The van der Waals surface area contributed by atoms with E-state index >= 15 is 0 Å². The quantitative estimate of drug-likeness (QED) is 0.583. The van der Waals surface area contributed by atoms with Crippen LogP contribution in [-0.4, -0.2) is 21.3 Å². The standard InChI is InChI=1S/C13H10N4O2S2/c14-4-7-6-2-1-3-9(6)21-12(7)15-5-8-10(18)16-13(20)17-11(8)19/h5H,1-3H2,(H3,16,17,18,19,20)/b15-5+. The molecular formula is C13H10N4O2S2. The molecule has 3 N–H and O–H groups in total. The topological polar surface area (TPSA) is 105 Å². The van der Waals surface area contributed by atoms with Gasteiger partial charge in [-0.2, -0.15) is 5.26 Å². The predicted molar refractivity (Wildman–Crippen MR) is 82.2 cm³/mol. The summed E-state index contributed by atoms with van der Waals surface area (Å²) < 4.78 is 0.0439. The van der Waals surface area contributed by atoms with Crippen LogP contribution >= 0.6 is 23.6 Å². The zero-order valence-electron chi connectivity index (χ0n) is 10.8. The van der Waals surface area contributed by atoms with E-state index in [2.05, 4.69) is 21.0 Å². The molecule has 8 heteroatoms. The minimum Gasteiger partial charge on any atom is -0.494 e. The first-order chi connectivity index (χ1) is 10.1. The normalized spacial score (nSPS) is 13.5. The summed E-state index contributed by atoms with van der Waals surface area (Å²) in [5.41, 5.74) is 1.10. The molecule has 2 heterocycles. The highest BCUT2D eigenvalue weighted by atomic mass is 32.1. The molecule has 0 unspecified atom stereocenters. The van der Waals surface area contributed by atoms with Crippen molar-refractivity contribution in [3.8, 4) is 11.9 Å². The number of aromatic hydroxyl groups is 1. The van der Waals surface area contributed by atoms with Crippen molar-refractivity contribution in [1.29, 1.82) is 5.26 Å². The number of nitrogens with zero attached hydrogens (tertiary/aromatic N) is 2. The fourth-order valence-corrected chi connectivity index (χ4v) is 3.70. The van der Waals surface area contributed by atoms with E-state index in [4.69, 9.17) is 12.2 Å². The van der Waals surface area contributed by atoms with E-state index in [1.165, 1.54) is 22.4 Å². The summed E-state index contributed by atoms with van der Waals surface area (Å²) in [4.78, 5) is 21.9. The number of fused-ring (bicyclic) bond motifs is 1. The summed E-state index contributed by atoms with van der Waals surface area (Å²) >= 11 is 6.21. The molecule has 0 radical (unpaired) electrons. The third-order valence-electron chi connectivity index (χ3n) is 3.28. The maximum Gasteiger partial charge on any atom is 0.264 e. The number of hydrogen-bond donors (Lipinski definition) is 3. The number of hydrogen-bond acceptors (Lipinski definition) is 6. The number of aromatic amines is 2. The molecule has 106 valence electrons. The Morgan fingerprint density at radius 2 is 2.24 bits per heavy atom. The maximum atomic E-state index is 11.7. The number of aryl methyl sites for hydroxylation is 1. The molecule has 3 rings (SSSR count). The van der Waals surface area contributed by atoms with Crippen molar-refractivity contribution in [2.24, 2.45) is 4.99 Å². The predicted octanol–water partition coefficient (Wildman–Crippen LogP) is 2.31. The lowest BCUT2D eigenvalue weighted by Crippen LogP contribution is -2.13. The second-order valence-corrected chi connectivity index (χ2v) is 6.07. The van der Waals surface area contributed by atoms with Crippen molar-refractivity contribution in [2.75, 3.05) is 0 Å². The van der Waals surface area contributed by atoms with Crippen molar-refractivity contribution in [3.05, 3.63) is 36.7 Å². The summed E-state index contributed by atoms with van der Waals surface area (Å²) in [6.45, 7) is 0. The highest BCUT2D eigenvalue weighted by Crippen LogP contribution is 2.40. The van der Waals surface area contributed by atoms with Crippen molar-refractivity contribution in [3.63, 3.8) is 0 Å². The number of H-pyrrole nitrogens is 2. The monoisotopic (exact) mass is 318 g/mol. The Kier molecular flexibility index (Phi) is 3.45. The van der Waals surface area contributed by atoms with Gasteiger partial charge in [-0.15, -0.1) is 11.3 Å². The van der Waals surface area contributed by atoms with Crippen molar-refractivity contribution in [1.82, 2.24) is 9.97 Å². The molecule has 0 aliphatic heterocycles. The molecule has 0 atom stereocenters. The summed E-state index contributed by atoms with van der Waals surface area (Å²) in [6.07, 6.45) is 4.18. The average molecular weight is 318 g/mol. The molecule has 1 aliphatic rings. The Morgan fingerprint density at radius 1 is 1.43 bits per heavy atom. The lowest BCUT2D eigenvalue weighted by Gasteiger charge is -1.97. The molecule has 1 aliphatic carbocycles. The van der Waals surface area contributed by atoms with Gasteiger partial charge in [-0.3, -0.25) is 9.78 Å². The number of aromatic nitrogens is 2. The molecule has 6 nitrogen and oxygen atoms in total. The molecule has 0 saturated carbocycles. The first-order valence-corrected chi connectivity index (χ1v) is 7.47. The Hall–Kier alpha value is -2.24. The summed E-state index contributed by atoms with van der Waals surface area (Å²) in [5, 5.41) is 19.5. The van der Waals surface area contributed by atoms with E-state index in [1.54, 1.807) is 0 Å². The van der Waals surface area contributed by atoms with E-state index in [-0.39, 0.29) is 16.2 Å². The molecule has 0 amide bonds. The Morgan fingerprint density at radius 3 is 2.95 bits per heavy atom. The molecule has 21 heavy (non-hydrogen) atoms. The van der Waals surface area contributed by atoms with E-state index in [0.717, 1.165) is 24.8 Å². The third kappa shape index (κ3) is 2.41. The maximum absolute atomic E-state index is 11.7. The van der Waals surface area contributed by atoms with Gasteiger partial charge in [-0.1, -0.05) is 0 Å². The van der Waals surface area contributed by atoms with Crippen LogP contribution in [-0.2, 0) is 12.8 Å². The van der Waals surface area contributed by atoms with Gasteiger partial charge < -0.3 is 10.1 Å². The molecule has 0 spiro atoms. The Balaban J connectivity index is 2.04. The van der Waals surface area contributed by atoms with Crippen molar-refractivity contribution in [2.45, 2.75) is 19.3 Å². The third-order valence-corrected chi connectivity index (χ3v) is 4.69. The lowest BCUT2D eigenvalue weighted by atomic mass is 10.1. The SMILES string of the molecule is N#Cc1c(/N=C/c2c(O)[nH]c(=S)[nH]c2=O)sc2c1CCC2. The van der Waals surface area contributed by atoms with E-state index in [1.807, 2.05) is 0 Å². The van der Waals surface area contributed by atoms with Gasteiger partial charge in [-0.05, 0) is 37.0 Å². The highest BCUT2D eigenvalue weighted by Gasteiger charge is 2.21. The van der Waals surface area contributed by atoms with Gasteiger partial charge in [0, 0.05) is 11.1 Å². The molecule has 2 aromatic rings. The lowest BCUT2D eigenvalue weighted by molar-refractivity contribution is 0.449. The fourth-order valence-electron chi connectivity index (χ4n) is 2.32. The molecule has 2 aromatic heterocycles. The van der Waals surface area contributed by atoms with Crippen LogP contribution in [0.5, 0.6) is 5.88 Å². The number of nitriles is 1.